The first-order valence-corrected chi connectivity index (χ1v) is 4.91. The Morgan fingerprint density at radius 1 is 1.19 bits per heavy atom. The Kier molecular flexibility index (Phi) is 20.9. The van der Waals surface area contributed by atoms with Crippen LogP contribution in [0.5, 0.6) is 0 Å². The molecule has 0 saturated heterocycles. The molecule has 0 aromatic heterocycles. The van der Waals surface area contributed by atoms with Gasteiger partial charge < -0.3 is 24.8 Å². The maximum absolute atomic E-state index is 3.26. The van der Waals surface area contributed by atoms with Gasteiger partial charge in [0.15, 0.2) is 0 Å². The van der Waals surface area contributed by atoms with E-state index < -0.39 is 0 Å². The van der Waals surface area contributed by atoms with Gasteiger partial charge in [0.2, 0.25) is 0 Å². The fourth-order valence-electron chi connectivity index (χ4n) is 1.23. The van der Waals surface area contributed by atoms with Gasteiger partial charge in [0, 0.05) is 0 Å². The van der Waals surface area contributed by atoms with E-state index in [9.17, 15) is 0 Å². The van der Waals surface area contributed by atoms with Gasteiger partial charge in [0.1, 0.15) is 0 Å². The van der Waals surface area contributed by atoms with E-state index in [4.69, 9.17) is 0 Å². The maximum atomic E-state index is 3.26. The molecule has 3 heteroatoms. The van der Waals surface area contributed by atoms with Crippen LogP contribution < -0.4 is 24.8 Å². The fourth-order valence-corrected chi connectivity index (χ4v) is 1.23. The van der Waals surface area contributed by atoms with Crippen molar-refractivity contribution in [3.8, 4) is 0 Å². The molecule has 0 N–H and O–H groups in total. The summed E-state index contributed by atoms with van der Waals surface area (Å²) in [5.41, 5.74) is 1.40. The molecular weight excluding hydrogens is 406 g/mol. The van der Waals surface area contributed by atoms with Crippen LogP contribution in [0.2, 0.25) is 0 Å². The summed E-state index contributed by atoms with van der Waals surface area (Å²) in [6, 6.07) is 0. The molecule has 0 nitrogen and oxygen atoms in total. The van der Waals surface area contributed by atoms with Gasteiger partial charge >= 0.3 is 25.8 Å². The van der Waals surface area contributed by atoms with Gasteiger partial charge in [-0.05, 0) is 0 Å². The van der Waals surface area contributed by atoms with Gasteiger partial charge in [-0.1, -0.05) is 19.8 Å². The quantitative estimate of drug-likeness (QED) is 0.350. The zero-order valence-electron chi connectivity index (χ0n) is 9.47. The molecule has 0 aromatic carbocycles. The van der Waals surface area contributed by atoms with Crippen LogP contribution in [0.4, 0.5) is 0 Å². The van der Waals surface area contributed by atoms with E-state index in [0.29, 0.717) is 0 Å². The van der Waals surface area contributed by atoms with Crippen molar-refractivity contribution in [2.24, 2.45) is 0 Å². The molecule has 0 fully saturated rings. The molecule has 16 heavy (non-hydrogen) atoms. The third-order valence-corrected chi connectivity index (χ3v) is 1.87. The molecule has 0 amide bonds. The number of halogens is 2. The third kappa shape index (κ3) is 10.9. The van der Waals surface area contributed by atoms with Crippen LogP contribution in [-0.2, 0) is 25.8 Å². The Bertz CT molecular complexity index is 243. The Morgan fingerprint density at radius 2 is 1.94 bits per heavy atom. The topological polar surface area (TPSA) is 0 Å². The summed E-state index contributed by atoms with van der Waals surface area (Å²) < 4.78 is 0. The summed E-state index contributed by atoms with van der Waals surface area (Å²) in [6.07, 6.45) is 21.1. The average molecular weight is 422 g/mol. The number of hydrogen-bond donors (Lipinski definition) is 0. The fraction of sp³-hybridized carbons (Fsp3) is 0.385. The van der Waals surface area contributed by atoms with Crippen molar-refractivity contribution in [1.29, 1.82) is 0 Å². The zero-order chi connectivity index (χ0) is 9.36. The summed E-state index contributed by atoms with van der Waals surface area (Å²) in [5, 5.41) is 0. The van der Waals surface area contributed by atoms with Crippen molar-refractivity contribution in [1.82, 2.24) is 0 Å². The van der Waals surface area contributed by atoms with Crippen LogP contribution >= 0.6 is 0 Å². The molecule has 0 aliphatic heterocycles. The van der Waals surface area contributed by atoms with Crippen molar-refractivity contribution in [3.05, 3.63) is 48.1 Å². The van der Waals surface area contributed by atoms with Crippen LogP contribution in [0.1, 0.15) is 32.6 Å². The molecular formula is C13H16Cl2Hf. The summed E-state index contributed by atoms with van der Waals surface area (Å²) in [7, 11) is 0. The molecule has 0 bridgehead atoms. The molecule has 0 spiro atoms. The molecule has 2 rings (SSSR count). The first kappa shape index (κ1) is 21.7. The molecule has 0 unspecified atom stereocenters. The summed E-state index contributed by atoms with van der Waals surface area (Å²) >= 11 is 0. The van der Waals surface area contributed by atoms with Crippen LogP contribution in [0, 0.1) is 12.2 Å². The van der Waals surface area contributed by atoms with Gasteiger partial charge in [-0.3, -0.25) is 12.2 Å². The Balaban J connectivity index is -0.000000189. The molecule has 2 aliphatic rings. The predicted molar refractivity (Wildman–Crippen MR) is 57.0 cm³/mol. The van der Waals surface area contributed by atoms with E-state index in [1.54, 1.807) is 0 Å². The normalized spacial score (nSPS) is 13.9. The molecule has 0 radical (unpaired) electrons. The van der Waals surface area contributed by atoms with Crippen LogP contribution in [0.25, 0.3) is 0 Å². The third-order valence-electron chi connectivity index (χ3n) is 1.87. The maximum Gasteiger partial charge on any atom is 4.00 e. The second kappa shape index (κ2) is 15.4. The van der Waals surface area contributed by atoms with E-state index in [2.05, 4.69) is 37.3 Å². The number of rotatable bonds is 2. The molecule has 0 heterocycles. The van der Waals surface area contributed by atoms with E-state index in [-0.39, 0.29) is 50.7 Å². The first-order chi connectivity index (χ1) is 6.43. The van der Waals surface area contributed by atoms with Crippen LogP contribution in [-0.4, -0.2) is 0 Å². The SMILES string of the molecule is CCCC1=[C-]CC=C1.[C-]1=CC=CC1.[Cl-].[Cl-].[Hf+4]. The first-order valence-electron chi connectivity index (χ1n) is 4.91. The van der Waals surface area contributed by atoms with Gasteiger partial charge in [-0.25, -0.2) is 23.8 Å². The Morgan fingerprint density at radius 3 is 2.25 bits per heavy atom. The predicted octanol–water partition coefficient (Wildman–Crippen LogP) is -2.21. The number of hydrogen-bond acceptors (Lipinski definition) is 0. The Hall–Kier alpha value is 0.410. The van der Waals surface area contributed by atoms with E-state index in [1.807, 2.05) is 12.2 Å². The van der Waals surface area contributed by atoms with Gasteiger partial charge in [0.05, 0.1) is 0 Å². The molecule has 0 saturated carbocycles. The smallest absolute Gasteiger partial charge is 1.00 e. The Labute approximate surface area is 131 Å². The van der Waals surface area contributed by atoms with Crippen molar-refractivity contribution in [2.75, 3.05) is 0 Å². The van der Waals surface area contributed by atoms with Crippen molar-refractivity contribution >= 4 is 0 Å². The molecule has 2 aliphatic carbocycles. The minimum absolute atomic E-state index is 0. The molecule has 86 valence electrons. The van der Waals surface area contributed by atoms with Gasteiger partial charge in [-0.2, -0.15) is 12.2 Å². The van der Waals surface area contributed by atoms with Crippen molar-refractivity contribution < 1.29 is 50.7 Å². The minimum Gasteiger partial charge on any atom is -1.00 e. The number of allylic oxidation sites excluding steroid dienone is 8. The van der Waals surface area contributed by atoms with E-state index in [1.165, 1.54) is 18.4 Å². The second-order valence-corrected chi connectivity index (χ2v) is 3.06. The van der Waals surface area contributed by atoms with Crippen LogP contribution in [0.3, 0.4) is 0 Å². The minimum atomic E-state index is 0. The van der Waals surface area contributed by atoms with Crippen molar-refractivity contribution in [2.45, 2.75) is 32.6 Å². The molecule has 0 atom stereocenters. The van der Waals surface area contributed by atoms with Crippen LogP contribution in [0.15, 0.2) is 36.0 Å². The monoisotopic (exact) mass is 422 g/mol. The van der Waals surface area contributed by atoms with Crippen molar-refractivity contribution in [3.63, 3.8) is 0 Å². The van der Waals surface area contributed by atoms with Gasteiger partial charge in [0.25, 0.3) is 0 Å². The summed E-state index contributed by atoms with van der Waals surface area (Å²) in [6.45, 7) is 2.20. The average Bonchev–Trinajstić information content (AvgIpc) is 2.79. The van der Waals surface area contributed by atoms with E-state index in [0.717, 1.165) is 12.8 Å². The summed E-state index contributed by atoms with van der Waals surface area (Å²) in [4.78, 5) is 0. The van der Waals surface area contributed by atoms with Gasteiger partial charge in [-0.15, -0.1) is 12.8 Å². The second-order valence-electron chi connectivity index (χ2n) is 3.06. The standard InChI is InChI=1S/C8H11.C5H5.2ClH.Hf/c1-2-5-8-6-3-4-7-8;1-2-4-5-3-1;;;/h3,6H,2,4-5H2,1H3;1-3H,4H2;2*1H;/q2*-1;;;+4/p-2. The van der Waals surface area contributed by atoms with E-state index >= 15 is 0 Å². The largest absolute Gasteiger partial charge is 4.00 e. The molecule has 0 aromatic rings. The zero-order valence-corrected chi connectivity index (χ0v) is 14.6. The summed E-state index contributed by atoms with van der Waals surface area (Å²) in [5.74, 6) is 0.